The van der Waals surface area contributed by atoms with Crippen molar-refractivity contribution in [2.75, 3.05) is 9.44 Å². The van der Waals surface area contributed by atoms with Crippen LogP contribution in [0, 0.1) is 20.8 Å². The molecule has 0 saturated carbocycles. The Morgan fingerprint density at radius 2 is 1.24 bits per heavy atom. The largest absolute Gasteiger partial charge is 0.279 e. The number of benzene rings is 3. The van der Waals surface area contributed by atoms with E-state index in [1.54, 1.807) is 80.6 Å². The van der Waals surface area contributed by atoms with Crippen LogP contribution >= 0.6 is 0 Å². The Kier molecular flexibility index (Phi) is 7.37. The lowest BCUT2D eigenvalue weighted by atomic mass is 10.2. The summed E-state index contributed by atoms with van der Waals surface area (Å²) < 4.78 is 56.1. The van der Waals surface area contributed by atoms with Gasteiger partial charge in [0.25, 0.3) is 20.0 Å². The van der Waals surface area contributed by atoms with Crippen molar-refractivity contribution in [3.05, 3.63) is 101 Å². The van der Waals surface area contributed by atoms with Gasteiger partial charge in [0.05, 0.1) is 21.2 Å². The van der Waals surface area contributed by atoms with Crippen LogP contribution in [0.1, 0.15) is 22.5 Å². The third kappa shape index (κ3) is 6.57. The molecule has 2 N–H and O–H groups in total. The molecule has 1 heterocycles. The van der Waals surface area contributed by atoms with Gasteiger partial charge in [0.15, 0.2) is 0 Å². The van der Waals surface area contributed by atoms with Crippen LogP contribution in [0.15, 0.2) is 93.6 Å². The minimum Gasteiger partial charge on any atom is -0.279 e. The Morgan fingerprint density at radius 1 is 0.703 bits per heavy atom. The van der Waals surface area contributed by atoms with Crippen LogP contribution in [0.2, 0.25) is 0 Å². The summed E-state index contributed by atoms with van der Waals surface area (Å²) in [6.45, 7) is 5.39. The normalized spacial score (nSPS) is 12.0. The molecule has 190 valence electrons. The topological polar surface area (TPSA) is 130 Å². The first kappa shape index (κ1) is 26.0. The van der Waals surface area contributed by atoms with Crippen LogP contribution in [0.5, 0.6) is 0 Å². The molecular weight excluding hydrogens is 510 g/mol. The number of nitrogens with one attached hydrogen (secondary N) is 2. The molecular formula is C26H25N5O4S2. The van der Waals surface area contributed by atoms with Crippen molar-refractivity contribution in [2.45, 2.75) is 30.6 Å². The van der Waals surface area contributed by atoms with E-state index in [9.17, 15) is 16.8 Å². The Balaban J connectivity index is 1.51. The molecule has 3 aromatic carbocycles. The molecule has 0 aliphatic carbocycles. The van der Waals surface area contributed by atoms with Crippen LogP contribution in [0.4, 0.5) is 17.3 Å². The fraction of sp³-hybridized carbons (Fsp3) is 0.115. The SMILES string of the molecule is Cc1ccc(S(=O)(=O)Nc2ccccc2C=Nc2ccc(S(=O)(=O)Nc3nc(C)cc(C)n3)cc2)cc1. The van der Waals surface area contributed by atoms with Crippen molar-refractivity contribution in [2.24, 2.45) is 4.99 Å². The number of hydrogen-bond acceptors (Lipinski definition) is 7. The Labute approximate surface area is 216 Å². The Hall–Kier alpha value is -4.09. The second-order valence-corrected chi connectivity index (χ2v) is 11.7. The zero-order valence-corrected chi connectivity index (χ0v) is 22.0. The highest BCUT2D eigenvalue weighted by Gasteiger charge is 2.17. The standard InChI is InChI=1S/C26H25N5O4S2/c1-18-8-12-23(13-9-18)36(32,33)30-25-7-5-4-6-21(25)17-27-22-10-14-24(15-11-22)37(34,35)31-26-28-19(2)16-20(3)29-26/h4-17,30H,1-3H3,(H,28,29,31). The Bertz CT molecular complexity index is 1650. The number of hydrogen-bond donors (Lipinski definition) is 2. The number of aryl methyl sites for hydroxylation is 3. The Morgan fingerprint density at radius 3 is 1.86 bits per heavy atom. The summed E-state index contributed by atoms with van der Waals surface area (Å²) in [4.78, 5) is 12.8. The first-order valence-corrected chi connectivity index (χ1v) is 14.2. The van der Waals surface area contributed by atoms with Gasteiger partial charge in [0, 0.05) is 23.2 Å². The predicted octanol–water partition coefficient (Wildman–Crippen LogP) is 4.75. The number of aromatic nitrogens is 2. The van der Waals surface area contributed by atoms with Crippen molar-refractivity contribution in [1.29, 1.82) is 0 Å². The van der Waals surface area contributed by atoms with E-state index in [1.807, 2.05) is 6.92 Å². The average molecular weight is 536 g/mol. The van der Waals surface area contributed by atoms with Gasteiger partial charge < -0.3 is 0 Å². The van der Waals surface area contributed by atoms with E-state index in [0.29, 0.717) is 28.3 Å². The van der Waals surface area contributed by atoms with Crippen LogP contribution < -0.4 is 9.44 Å². The molecule has 0 bridgehead atoms. The molecule has 0 atom stereocenters. The smallest absolute Gasteiger partial charge is 0.264 e. The summed E-state index contributed by atoms with van der Waals surface area (Å²) in [5.74, 6) is 0.00398. The van der Waals surface area contributed by atoms with Crippen molar-refractivity contribution in [3.8, 4) is 0 Å². The summed E-state index contributed by atoms with van der Waals surface area (Å²) >= 11 is 0. The molecule has 37 heavy (non-hydrogen) atoms. The molecule has 0 unspecified atom stereocenters. The van der Waals surface area contributed by atoms with E-state index in [4.69, 9.17) is 0 Å². The molecule has 4 aromatic rings. The summed E-state index contributed by atoms with van der Waals surface area (Å²) in [6.07, 6.45) is 1.51. The maximum atomic E-state index is 12.8. The molecule has 9 nitrogen and oxygen atoms in total. The monoisotopic (exact) mass is 535 g/mol. The van der Waals surface area contributed by atoms with Gasteiger partial charge in [-0.05, 0) is 69.3 Å². The van der Waals surface area contributed by atoms with E-state index < -0.39 is 20.0 Å². The van der Waals surface area contributed by atoms with Crippen molar-refractivity contribution >= 4 is 43.6 Å². The van der Waals surface area contributed by atoms with Gasteiger partial charge in [-0.25, -0.2) is 31.5 Å². The molecule has 11 heteroatoms. The van der Waals surface area contributed by atoms with Crippen LogP contribution in [-0.4, -0.2) is 33.0 Å². The highest BCUT2D eigenvalue weighted by molar-refractivity contribution is 7.93. The predicted molar refractivity (Wildman–Crippen MR) is 144 cm³/mol. The fourth-order valence-electron chi connectivity index (χ4n) is 3.43. The maximum absolute atomic E-state index is 12.8. The zero-order chi connectivity index (χ0) is 26.6. The van der Waals surface area contributed by atoms with Gasteiger partial charge in [0.1, 0.15) is 0 Å². The molecule has 0 spiro atoms. The second kappa shape index (κ2) is 10.5. The number of aliphatic imine (C=N–C) groups is 1. The lowest BCUT2D eigenvalue weighted by Gasteiger charge is -2.11. The van der Waals surface area contributed by atoms with Gasteiger partial charge >= 0.3 is 0 Å². The highest BCUT2D eigenvalue weighted by atomic mass is 32.2. The van der Waals surface area contributed by atoms with Crippen LogP contribution in [-0.2, 0) is 20.0 Å². The molecule has 0 amide bonds. The first-order valence-electron chi connectivity index (χ1n) is 11.2. The highest BCUT2D eigenvalue weighted by Crippen LogP contribution is 2.22. The number of nitrogens with zero attached hydrogens (tertiary/aromatic N) is 3. The summed E-state index contributed by atoms with van der Waals surface area (Å²) in [5.41, 5.74) is 3.65. The van der Waals surface area contributed by atoms with Gasteiger partial charge in [-0.15, -0.1) is 0 Å². The van der Waals surface area contributed by atoms with Crippen LogP contribution in [0.25, 0.3) is 0 Å². The average Bonchev–Trinajstić information content (AvgIpc) is 2.83. The molecule has 0 aliphatic rings. The second-order valence-electron chi connectivity index (χ2n) is 8.34. The van der Waals surface area contributed by atoms with E-state index in [0.717, 1.165) is 5.56 Å². The molecule has 0 fully saturated rings. The molecule has 0 radical (unpaired) electrons. The molecule has 0 aliphatic heterocycles. The summed E-state index contributed by atoms with van der Waals surface area (Å²) in [5, 5.41) is 0. The number of anilines is 2. The van der Waals surface area contributed by atoms with Crippen molar-refractivity contribution in [3.63, 3.8) is 0 Å². The minimum atomic E-state index is -3.89. The van der Waals surface area contributed by atoms with Crippen molar-refractivity contribution < 1.29 is 16.8 Å². The quantitative estimate of drug-likeness (QED) is 0.313. The van der Waals surface area contributed by atoms with Crippen LogP contribution in [0.3, 0.4) is 0 Å². The number of para-hydroxylation sites is 1. The fourth-order valence-corrected chi connectivity index (χ4v) is 5.46. The number of sulfonamides is 2. The minimum absolute atomic E-state index is 0.00398. The van der Waals surface area contributed by atoms with Gasteiger partial charge in [0.2, 0.25) is 5.95 Å². The van der Waals surface area contributed by atoms with E-state index >= 15 is 0 Å². The molecule has 0 saturated heterocycles. The number of rotatable bonds is 8. The lowest BCUT2D eigenvalue weighted by Crippen LogP contribution is -2.15. The van der Waals surface area contributed by atoms with Gasteiger partial charge in [-0.2, -0.15) is 0 Å². The van der Waals surface area contributed by atoms with Crippen molar-refractivity contribution in [1.82, 2.24) is 9.97 Å². The lowest BCUT2D eigenvalue weighted by molar-refractivity contribution is 0.599. The van der Waals surface area contributed by atoms with E-state index in [-0.39, 0.29) is 15.7 Å². The maximum Gasteiger partial charge on any atom is 0.264 e. The first-order chi connectivity index (χ1) is 17.5. The summed E-state index contributed by atoms with van der Waals surface area (Å²) in [7, 11) is -7.67. The van der Waals surface area contributed by atoms with Gasteiger partial charge in [-0.1, -0.05) is 35.9 Å². The molecule has 1 aromatic heterocycles. The third-order valence-electron chi connectivity index (χ3n) is 5.24. The molecule has 4 rings (SSSR count). The summed E-state index contributed by atoms with van der Waals surface area (Å²) in [6, 6.07) is 21.1. The van der Waals surface area contributed by atoms with E-state index in [2.05, 4.69) is 24.4 Å². The van der Waals surface area contributed by atoms with Gasteiger partial charge in [-0.3, -0.25) is 9.71 Å². The van der Waals surface area contributed by atoms with E-state index in [1.165, 1.54) is 18.3 Å². The zero-order valence-electron chi connectivity index (χ0n) is 20.4. The third-order valence-corrected chi connectivity index (χ3v) is 7.97.